The maximum absolute atomic E-state index is 13.7. The first-order valence-corrected chi connectivity index (χ1v) is 9.80. The zero-order valence-corrected chi connectivity index (χ0v) is 17.4. The molecule has 2 fully saturated rings. The fourth-order valence-corrected chi connectivity index (χ4v) is 4.93. The van der Waals surface area contributed by atoms with Crippen molar-refractivity contribution in [1.29, 1.82) is 5.26 Å². The molecule has 2 aromatic carbocycles. The predicted molar refractivity (Wildman–Crippen MR) is 111 cm³/mol. The van der Waals surface area contributed by atoms with E-state index in [1.165, 1.54) is 4.90 Å². The van der Waals surface area contributed by atoms with Crippen LogP contribution >= 0.6 is 23.2 Å². The average molecular weight is 429 g/mol. The fourth-order valence-electron chi connectivity index (χ4n) is 4.42. The molecule has 29 heavy (non-hydrogen) atoms. The van der Waals surface area contributed by atoms with E-state index in [2.05, 4.69) is 6.07 Å². The first-order chi connectivity index (χ1) is 13.8. The molecule has 0 radical (unpaired) electrons. The standard InChI is InChI=1S/C21H18Cl2N4O2/c1-25-11-18(14-5-3-13(10-24)4-6-14)21(12-25)19(28)27(20(29)26(21)2)17-8-15(22)7-16(23)9-17/h3-9,18H,11-12H2,1-2H3/t18-,21+/m0/s1. The van der Waals surface area contributed by atoms with Gasteiger partial charge in [0.25, 0.3) is 5.91 Å². The molecule has 148 valence electrons. The second-order valence-corrected chi connectivity index (χ2v) is 8.39. The van der Waals surface area contributed by atoms with Crippen molar-refractivity contribution in [3.63, 3.8) is 0 Å². The molecule has 2 heterocycles. The van der Waals surface area contributed by atoms with Crippen LogP contribution in [0.5, 0.6) is 0 Å². The smallest absolute Gasteiger partial charge is 0.310 e. The molecule has 4 rings (SSSR count). The van der Waals surface area contributed by atoms with Crippen LogP contribution in [0.15, 0.2) is 42.5 Å². The van der Waals surface area contributed by atoms with Gasteiger partial charge in [-0.05, 0) is 42.9 Å². The Kier molecular flexibility index (Phi) is 4.78. The summed E-state index contributed by atoms with van der Waals surface area (Å²) in [7, 11) is 3.58. The van der Waals surface area contributed by atoms with E-state index in [4.69, 9.17) is 28.5 Å². The quantitative estimate of drug-likeness (QED) is 0.683. The van der Waals surface area contributed by atoms with Crippen molar-refractivity contribution in [2.24, 2.45) is 0 Å². The van der Waals surface area contributed by atoms with Gasteiger partial charge in [0.2, 0.25) is 0 Å². The number of urea groups is 1. The maximum Gasteiger partial charge on any atom is 0.332 e. The van der Waals surface area contributed by atoms with Crippen LogP contribution in [0.4, 0.5) is 10.5 Å². The minimum atomic E-state index is -1.05. The molecule has 0 unspecified atom stereocenters. The summed E-state index contributed by atoms with van der Waals surface area (Å²) in [5.41, 5.74) is 0.766. The van der Waals surface area contributed by atoms with E-state index in [1.807, 2.05) is 24.1 Å². The number of hydrogen-bond acceptors (Lipinski definition) is 4. The first-order valence-electron chi connectivity index (χ1n) is 9.05. The van der Waals surface area contributed by atoms with Crippen molar-refractivity contribution in [2.75, 3.05) is 32.1 Å². The van der Waals surface area contributed by atoms with E-state index in [1.54, 1.807) is 37.4 Å². The van der Waals surface area contributed by atoms with Gasteiger partial charge < -0.3 is 9.80 Å². The second kappa shape index (κ2) is 7.03. The van der Waals surface area contributed by atoms with Gasteiger partial charge in [0.1, 0.15) is 5.54 Å². The Bertz CT molecular complexity index is 1030. The predicted octanol–water partition coefficient (Wildman–Crippen LogP) is 3.73. The molecule has 1 spiro atoms. The number of likely N-dealkylation sites (N-methyl/N-ethyl adjacent to an activating group) is 2. The lowest BCUT2D eigenvalue weighted by Crippen LogP contribution is -2.53. The molecule has 0 aliphatic carbocycles. The summed E-state index contributed by atoms with van der Waals surface area (Å²) < 4.78 is 0. The third-order valence-electron chi connectivity index (χ3n) is 5.78. The minimum Gasteiger partial charge on any atom is -0.310 e. The summed E-state index contributed by atoms with van der Waals surface area (Å²) in [6, 6.07) is 13.5. The topological polar surface area (TPSA) is 67.6 Å². The molecular weight excluding hydrogens is 411 g/mol. The number of halogens is 2. The van der Waals surface area contributed by atoms with Crippen molar-refractivity contribution >= 4 is 40.8 Å². The zero-order valence-electron chi connectivity index (χ0n) is 15.9. The molecule has 3 amide bonds. The fraction of sp³-hybridized carbons (Fsp3) is 0.286. The molecule has 2 atom stereocenters. The normalized spacial score (nSPS) is 24.6. The van der Waals surface area contributed by atoms with Gasteiger partial charge >= 0.3 is 6.03 Å². The van der Waals surface area contributed by atoms with Gasteiger partial charge in [0.05, 0.1) is 17.3 Å². The number of nitrogens with zero attached hydrogens (tertiary/aromatic N) is 4. The van der Waals surface area contributed by atoms with Gasteiger partial charge in [-0.15, -0.1) is 0 Å². The summed E-state index contributed by atoms with van der Waals surface area (Å²) in [6.07, 6.45) is 0. The lowest BCUT2D eigenvalue weighted by atomic mass is 9.80. The molecule has 8 heteroatoms. The van der Waals surface area contributed by atoms with Crippen LogP contribution in [-0.2, 0) is 4.79 Å². The zero-order chi connectivity index (χ0) is 20.9. The van der Waals surface area contributed by atoms with Gasteiger partial charge in [-0.25, -0.2) is 9.69 Å². The van der Waals surface area contributed by atoms with Crippen LogP contribution in [0.25, 0.3) is 0 Å². The van der Waals surface area contributed by atoms with Crippen molar-refractivity contribution in [1.82, 2.24) is 9.80 Å². The Balaban J connectivity index is 1.81. The number of imide groups is 1. The maximum atomic E-state index is 13.7. The summed E-state index contributed by atoms with van der Waals surface area (Å²) in [5, 5.41) is 9.77. The molecule has 6 nitrogen and oxygen atoms in total. The van der Waals surface area contributed by atoms with Gasteiger partial charge in [-0.3, -0.25) is 4.79 Å². The highest BCUT2D eigenvalue weighted by Gasteiger charge is 2.63. The molecule has 2 aromatic rings. The summed E-state index contributed by atoms with van der Waals surface area (Å²) in [5.74, 6) is -0.539. The largest absolute Gasteiger partial charge is 0.332 e. The Labute approximate surface area is 178 Å². The molecule has 2 saturated heterocycles. The molecule has 0 N–H and O–H groups in total. The van der Waals surface area contributed by atoms with E-state index in [0.717, 1.165) is 10.5 Å². The van der Waals surface area contributed by atoms with Crippen molar-refractivity contribution in [2.45, 2.75) is 11.5 Å². The van der Waals surface area contributed by atoms with E-state index in [0.29, 0.717) is 34.4 Å². The number of hydrogen-bond donors (Lipinski definition) is 0. The molecule has 2 aliphatic rings. The van der Waals surface area contributed by atoms with E-state index in [9.17, 15) is 9.59 Å². The second-order valence-electron chi connectivity index (χ2n) is 7.52. The van der Waals surface area contributed by atoms with E-state index in [-0.39, 0.29) is 11.8 Å². The summed E-state index contributed by atoms with van der Waals surface area (Å²) >= 11 is 12.2. The van der Waals surface area contributed by atoms with Gasteiger partial charge in [0.15, 0.2) is 0 Å². The SMILES string of the molecule is CN1C[C@@H](c2ccc(C#N)cc2)[C@]2(C1)C(=O)N(c1cc(Cl)cc(Cl)c1)C(=O)N2C. The number of rotatable bonds is 2. The third-order valence-corrected chi connectivity index (χ3v) is 6.22. The van der Waals surface area contributed by atoms with Crippen molar-refractivity contribution in [3.8, 4) is 6.07 Å². The first kappa shape index (κ1) is 19.7. The van der Waals surface area contributed by atoms with E-state index < -0.39 is 11.6 Å². The Morgan fingerprint density at radius 2 is 1.69 bits per heavy atom. The number of amides is 3. The summed E-state index contributed by atoms with van der Waals surface area (Å²) in [6.45, 7) is 1.02. The Morgan fingerprint density at radius 3 is 2.28 bits per heavy atom. The van der Waals surface area contributed by atoms with Crippen LogP contribution in [0.2, 0.25) is 10.0 Å². The molecular formula is C21H18Cl2N4O2. The van der Waals surface area contributed by atoms with Crippen molar-refractivity contribution < 1.29 is 9.59 Å². The van der Waals surface area contributed by atoms with Gasteiger partial charge in [-0.1, -0.05) is 35.3 Å². The third kappa shape index (κ3) is 2.98. The van der Waals surface area contributed by atoms with E-state index >= 15 is 0 Å². The minimum absolute atomic E-state index is 0.235. The van der Waals surface area contributed by atoms with Gasteiger partial charge in [0, 0.05) is 36.1 Å². The van der Waals surface area contributed by atoms with Crippen LogP contribution < -0.4 is 4.90 Å². The number of likely N-dealkylation sites (tertiary alicyclic amines) is 1. The number of benzene rings is 2. The molecule has 0 bridgehead atoms. The number of carbonyl (C=O) groups is 2. The Morgan fingerprint density at radius 1 is 1.07 bits per heavy atom. The van der Waals surface area contributed by atoms with Crippen molar-refractivity contribution in [3.05, 3.63) is 63.6 Å². The Hall–Kier alpha value is -2.59. The van der Waals surface area contributed by atoms with Crippen LogP contribution in [0.3, 0.4) is 0 Å². The highest BCUT2D eigenvalue weighted by Crippen LogP contribution is 2.46. The van der Waals surface area contributed by atoms with Crippen LogP contribution in [0, 0.1) is 11.3 Å². The lowest BCUT2D eigenvalue weighted by molar-refractivity contribution is -0.124. The highest BCUT2D eigenvalue weighted by molar-refractivity contribution is 6.35. The molecule has 0 aromatic heterocycles. The number of anilines is 1. The highest BCUT2D eigenvalue weighted by atomic mass is 35.5. The van der Waals surface area contributed by atoms with Crippen LogP contribution in [-0.4, -0.2) is 54.5 Å². The number of nitriles is 1. The lowest BCUT2D eigenvalue weighted by Gasteiger charge is -2.33. The average Bonchev–Trinajstić information content (AvgIpc) is 3.12. The molecule has 2 aliphatic heterocycles. The van der Waals surface area contributed by atoms with Crippen LogP contribution in [0.1, 0.15) is 17.0 Å². The monoisotopic (exact) mass is 428 g/mol. The summed E-state index contributed by atoms with van der Waals surface area (Å²) in [4.78, 5) is 31.6. The molecule has 0 saturated carbocycles. The number of carbonyl (C=O) groups excluding carboxylic acids is 2. The van der Waals surface area contributed by atoms with Gasteiger partial charge in [-0.2, -0.15) is 5.26 Å².